The SMILES string of the molecule is CC[N+]1=c2cc3c(cc2CCC1)=Nc1cc2c(cc1O3)N(CCCC(=O)NCCNC(=O)O[C@@H]1[C@H](O)[C@@H](COP(=O)(O)OP(=O)(O)NP(=O)(O)O)O[C@H]1n1cnc3c(N)ncnc31)C(C)(C)C=C2CS(=O)(=O)[O-].CC[N+]1=c2cc3c(cc2CCC1)=Nc1cc2c(cc1O3)N(CCCC(=O)NCCNC(=O)O[C@H]1[C@@H](O)[C@H](n3cnc4c(N)ncnc43)O[C@@H]1COP(=O)(O)OP(=O)(O)NP(=O)(O)O)C(C)(C)C=C2CS(=O)(=O)[O-]. The minimum absolute atomic E-state index is 0.00870. The van der Waals surface area contributed by atoms with E-state index < -0.39 is 170 Å². The Morgan fingerprint density at radius 3 is 1.35 bits per heavy atom. The number of hydrogen-bond donors (Lipinski definition) is 18. The van der Waals surface area contributed by atoms with Gasteiger partial charge in [-0.25, -0.2) is 103 Å². The lowest BCUT2D eigenvalue weighted by molar-refractivity contribution is -0.121. The summed E-state index contributed by atoms with van der Waals surface area (Å²) in [5, 5.41) is 36.2. The molecule has 12 atom stereocenters. The van der Waals surface area contributed by atoms with Gasteiger partial charge >= 0.3 is 58.8 Å². The normalized spacial score (nSPS) is 21.8. The number of alkyl carbamates (subject to hydrolysis) is 2. The molecule has 146 heavy (non-hydrogen) atoms. The number of phosphoric acid groups is 2. The Bertz CT molecular complexity index is 7420. The molecular formula is C80H104N22O36P6S2. The number of hydrogen-bond acceptors (Lipinski definition) is 40. The molecule has 20 N–H and O–H groups in total. The highest BCUT2D eigenvalue weighted by molar-refractivity contribution is 7.86. The minimum Gasteiger partial charge on any atom is -0.748 e. The molecule has 0 radical (unpaired) electrons. The number of aliphatic hydroxyl groups excluding tert-OH is 2. The third-order valence-corrected chi connectivity index (χ3v) is 34.0. The highest BCUT2D eigenvalue weighted by atomic mass is 32.2. The number of aromatic nitrogens is 8. The number of rotatable bonds is 38. The number of nitrogens with one attached hydrogen (secondary N) is 6. The van der Waals surface area contributed by atoms with Gasteiger partial charge in [0.25, 0.3) is 0 Å². The molecule has 2 fully saturated rings. The predicted octanol–water partition coefficient (Wildman–Crippen LogP) is 0.632. The van der Waals surface area contributed by atoms with Crippen molar-refractivity contribution in [3.8, 4) is 23.0 Å². The smallest absolute Gasteiger partial charge is 0.480 e. The van der Waals surface area contributed by atoms with Gasteiger partial charge in [0, 0.05) is 111 Å². The van der Waals surface area contributed by atoms with E-state index in [1.54, 1.807) is 36.4 Å². The summed E-state index contributed by atoms with van der Waals surface area (Å²) >= 11 is 0. The van der Waals surface area contributed by atoms with Gasteiger partial charge in [-0.05, 0) is 103 Å². The van der Waals surface area contributed by atoms with Crippen LogP contribution in [-0.4, -0.2) is 276 Å². The van der Waals surface area contributed by atoms with Gasteiger partial charge in [0.1, 0.15) is 96.4 Å². The van der Waals surface area contributed by atoms with Crippen LogP contribution in [0, 0.1) is 0 Å². The van der Waals surface area contributed by atoms with Crippen LogP contribution in [0.1, 0.15) is 115 Å². The zero-order chi connectivity index (χ0) is 106. The standard InChI is InChI=1S/2C40H52N11O18P3S/c1-4-49-11-5-7-22-13-25-29(15-27(22)49)66-30-16-28-24(14-26(30)47-25)23(19-73(62,63)64)17-40(2,3)51(28)12-6-8-32(52)42-9-10-43-39(54)68-35-31(18-65-72(60,61)69-71(58,59)48-70(55,56)57)67-38(34(35)53)50-21-46-33-36(41)44-20-45-37(33)50;1-4-49-11-5-7-22-13-25-29(15-27(22)49)66-30-16-28-24(14-26(30)47-25)23(19-73(62,63)64)17-40(2,3)51(28)12-6-8-32(52)42-9-10-43-39(54)68-35-34(53)31(18-65-72(60,61)69-71(58,59)48-70(55,56)57)67-38(35)50-21-46-33-36(41)44-20-45-37(33)50/h2*13-17,20-21,31,34-35,38,53H,4-12,18-19H2,1-3H3,(H9-,41,42,43,44,45,48,52,54,55,56,57,58,59,60,61,62,63,64)/t2*31-,34-,35-,38-/m11/s1. The molecule has 4 aromatic heterocycles. The number of fused-ring (bicyclic) bond motifs is 10. The van der Waals surface area contributed by atoms with Crippen LogP contribution < -0.4 is 92.3 Å². The number of aliphatic hydroxyl groups is 2. The number of nitrogens with zero attached hydrogens (tertiary/aromatic N) is 14. The summed E-state index contributed by atoms with van der Waals surface area (Å²) in [6.45, 7) is 13.0. The fourth-order valence-electron chi connectivity index (χ4n) is 18.1. The Balaban J connectivity index is 0.000000219. The second-order valence-corrected chi connectivity index (χ2v) is 47.9. The zero-order valence-electron chi connectivity index (χ0n) is 78.3. The van der Waals surface area contributed by atoms with Crippen LogP contribution in [0.4, 0.5) is 44.0 Å². The number of nitrogens with two attached hydrogens (primary N) is 2. The molecule has 4 unspecified atom stereocenters. The topological polar surface area (TPSA) is 828 Å². The van der Waals surface area contributed by atoms with E-state index in [2.05, 4.69) is 87.3 Å². The molecule has 2 saturated heterocycles. The first-order chi connectivity index (χ1) is 68.4. The van der Waals surface area contributed by atoms with E-state index in [4.69, 9.17) is 74.0 Å². The first-order valence-electron chi connectivity index (χ1n) is 44.9. The summed E-state index contributed by atoms with van der Waals surface area (Å²) in [4.78, 5) is 167. The van der Waals surface area contributed by atoms with E-state index in [0.29, 0.717) is 105 Å². The number of carbonyl (C=O) groups excluding carboxylic acids is 4. The molecule has 4 aromatic carbocycles. The summed E-state index contributed by atoms with van der Waals surface area (Å²) in [5.74, 6) is -0.338. The quantitative estimate of drug-likeness (QED) is 0.0109. The van der Waals surface area contributed by atoms with E-state index in [-0.39, 0.29) is 78.9 Å². The Kier molecular flexibility index (Phi) is 32.4. The van der Waals surface area contributed by atoms with Gasteiger partial charge in [-0.2, -0.15) is 8.62 Å². The average Bonchev–Trinajstić information content (AvgIpc) is 0.972. The van der Waals surface area contributed by atoms with Gasteiger partial charge in [-0.3, -0.25) is 27.8 Å². The van der Waals surface area contributed by atoms with Gasteiger partial charge < -0.3 is 129 Å². The average molecular weight is 2200 g/mol. The molecule has 8 aliphatic rings. The van der Waals surface area contributed by atoms with E-state index in [9.17, 15) is 102 Å². The molecule has 12 heterocycles. The highest BCUT2D eigenvalue weighted by Gasteiger charge is 2.53. The van der Waals surface area contributed by atoms with Crippen molar-refractivity contribution >= 4 is 159 Å². The molecule has 0 saturated carbocycles. The molecule has 58 nitrogen and oxygen atoms in total. The van der Waals surface area contributed by atoms with E-state index in [1.807, 2.05) is 61.8 Å². The molecular weight excluding hydrogens is 2090 g/mol. The van der Waals surface area contributed by atoms with Crippen LogP contribution in [0.3, 0.4) is 0 Å². The van der Waals surface area contributed by atoms with Gasteiger partial charge in [-0.15, -0.1) is 9.72 Å². The summed E-state index contributed by atoms with van der Waals surface area (Å²) in [6.07, 6.45) is -3.15. The van der Waals surface area contributed by atoms with E-state index >= 15 is 0 Å². The van der Waals surface area contributed by atoms with Crippen molar-refractivity contribution in [3.63, 3.8) is 0 Å². The number of nitrogen functional groups attached to an aromatic ring is 2. The number of phosphoric ester groups is 2. The number of benzene rings is 4. The Hall–Kier alpha value is -10.6. The molecule has 8 aromatic rings. The van der Waals surface area contributed by atoms with Crippen molar-refractivity contribution < 1.29 is 168 Å². The Morgan fingerprint density at radius 2 is 0.932 bits per heavy atom. The minimum atomic E-state index is -5.65. The van der Waals surface area contributed by atoms with Gasteiger partial charge in [0.05, 0.1) is 80.8 Å². The number of ether oxygens (including phenoxy) is 6. The molecule has 8 aliphatic heterocycles. The molecule has 66 heteroatoms. The maximum Gasteiger partial charge on any atom is 0.480 e. The lowest BCUT2D eigenvalue weighted by Crippen LogP contribution is -2.46. The number of amides is 4. The van der Waals surface area contributed by atoms with Gasteiger partial charge in [0.2, 0.25) is 22.5 Å². The molecule has 0 spiro atoms. The number of anilines is 4. The summed E-state index contributed by atoms with van der Waals surface area (Å²) in [7, 11) is -42.8. The monoisotopic (exact) mass is 2200 g/mol. The Labute approximate surface area is 828 Å². The molecule has 0 aliphatic carbocycles. The number of imidazole rings is 2. The third kappa shape index (κ3) is 26.4. The van der Waals surface area contributed by atoms with Crippen molar-refractivity contribution in [2.45, 2.75) is 153 Å². The lowest BCUT2D eigenvalue weighted by Gasteiger charge is -2.44. The lowest BCUT2D eigenvalue weighted by atomic mass is 9.88. The number of carbonyl (C=O) groups is 4. The second-order valence-electron chi connectivity index (χ2n) is 35.5. The molecule has 0 bridgehead atoms. The zero-order valence-corrected chi connectivity index (χ0v) is 85.3. The molecule has 4 amide bonds. The van der Waals surface area contributed by atoms with Gasteiger partial charge in [0.15, 0.2) is 70.6 Å². The van der Waals surface area contributed by atoms with Crippen molar-refractivity contribution in [1.29, 1.82) is 0 Å². The fourth-order valence-corrected chi connectivity index (χ4v) is 26.2. The summed E-state index contributed by atoms with van der Waals surface area (Å²) < 4.78 is 204. The van der Waals surface area contributed by atoms with Crippen LogP contribution in [0.5, 0.6) is 23.0 Å². The fraction of sp³-hybridized carbons (Fsp3) is 0.475. The number of aryl methyl sites for hydroxylation is 2. The van der Waals surface area contributed by atoms with Crippen molar-refractivity contribution in [3.05, 3.63) is 130 Å². The maximum absolute atomic E-state index is 13.1. The Morgan fingerprint density at radius 1 is 0.527 bits per heavy atom. The van der Waals surface area contributed by atoms with Crippen LogP contribution in [0.15, 0.2) is 96.0 Å². The maximum atomic E-state index is 13.1. The first-order valence-corrected chi connectivity index (χ1v) is 57.5. The predicted molar refractivity (Wildman–Crippen MR) is 509 cm³/mol. The van der Waals surface area contributed by atoms with Crippen LogP contribution in [-0.2, 0) is 107 Å². The highest BCUT2D eigenvalue weighted by Crippen LogP contribution is 2.63. The van der Waals surface area contributed by atoms with Crippen LogP contribution in [0.2, 0.25) is 0 Å². The summed E-state index contributed by atoms with van der Waals surface area (Å²) in [5.41, 5.74) is 16.4. The van der Waals surface area contributed by atoms with Gasteiger partial charge in [-0.1, -0.05) is 12.2 Å². The molecule has 792 valence electrons. The second kappa shape index (κ2) is 43.2. The first kappa shape index (κ1) is 110. The van der Waals surface area contributed by atoms with E-state index in [0.717, 1.165) is 109 Å². The van der Waals surface area contributed by atoms with Crippen molar-refractivity contribution in [1.82, 2.24) is 79.2 Å². The largest absolute Gasteiger partial charge is 0.748 e. The third-order valence-electron chi connectivity index (χ3n) is 24.2. The van der Waals surface area contributed by atoms with Crippen LogP contribution in [0.25, 0.3) is 33.5 Å². The van der Waals surface area contributed by atoms with Crippen LogP contribution >= 0.6 is 46.6 Å². The molecule has 16 rings (SSSR count). The summed E-state index contributed by atoms with van der Waals surface area (Å²) in [6, 6.07) is 15.0. The van der Waals surface area contributed by atoms with Crippen molar-refractivity contribution in [2.24, 2.45) is 9.98 Å². The van der Waals surface area contributed by atoms with E-state index in [1.165, 1.54) is 9.13 Å². The van der Waals surface area contributed by atoms with Crippen molar-refractivity contribution in [2.75, 3.05) is 111 Å².